The fourth-order valence-electron chi connectivity index (χ4n) is 3.95. The third-order valence-electron chi connectivity index (χ3n) is 5.60. The molecule has 1 atom stereocenters. The van der Waals surface area contributed by atoms with E-state index in [1.807, 2.05) is 11.8 Å². The van der Waals surface area contributed by atoms with Gasteiger partial charge in [0.25, 0.3) is 0 Å². The maximum atomic E-state index is 14.9. The highest BCUT2D eigenvalue weighted by Gasteiger charge is 2.30. The lowest BCUT2D eigenvalue weighted by Gasteiger charge is -2.40. The lowest BCUT2D eigenvalue weighted by molar-refractivity contribution is -0.118. The molecule has 2 fully saturated rings. The lowest BCUT2D eigenvalue weighted by atomic mass is 10.1. The van der Waals surface area contributed by atoms with Crippen LogP contribution >= 0.6 is 0 Å². The molecule has 4 rings (SSSR count). The highest BCUT2D eigenvalue weighted by molar-refractivity contribution is 5.92. The molecular weight excluding hydrogens is 379 g/mol. The van der Waals surface area contributed by atoms with Gasteiger partial charge in [-0.1, -0.05) is 0 Å². The number of carboxylic acid groups (broad SMARTS) is 1. The Kier molecular flexibility index (Phi) is 4.85. The standard InChI is InChI=1S/C20H23FN4O4/c1-11-8-24(6-5-23(11)9-12(2)26)19-16(21)7-14-17(27)15(20(28)29)10-25(13-3-4-13)18(14)22-19/h7,10-11,13H,3-6,8-9H2,1-2H3,(H,28,29). The molecule has 154 valence electrons. The first-order chi connectivity index (χ1) is 13.8. The lowest BCUT2D eigenvalue weighted by Crippen LogP contribution is -2.53. The number of anilines is 1. The van der Waals surface area contributed by atoms with Gasteiger partial charge in [-0.2, -0.15) is 0 Å². The van der Waals surface area contributed by atoms with Crippen LogP contribution in [0, 0.1) is 5.82 Å². The van der Waals surface area contributed by atoms with E-state index in [4.69, 9.17) is 0 Å². The minimum Gasteiger partial charge on any atom is -0.477 e. The number of ketones is 1. The van der Waals surface area contributed by atoms with Crippen LogP contribution in [0.2, 0.25) is 0 Å². The summed E-state index contributed by atoms with van der Waals surface area (Å²) < 4.78 is 16.6. The van der Waals surface area contributed by atoms with Crippen molar-refractivity contribution in [1.29, 1.82) is 0 Å². The highest BCUT2D eigenvalue weighted by Crippen LogP contribution is 2.37. The molecule has 3 heterocycles. The molecular formula is C20H23FN4O4. The molecule has 1 saturated heterocycles. The van der Waals surface area contributed by atoms with E-state index in [0.29, 0.717) is 31.8 Å². The summed E-state index contributed by atoms with van der Waals surface area (Å²) in [4.78, 5) is 43.8. The summed E-state index contributed by atoms with van der Waals surface area (Å²) in [6.07, 6.45) is 3.06. The van der Waals surface area contributed by atoms with E-state index in [0.717, 1.165) is 18.9 Å². The third-order valence-corrected chi connectivity index (χ3v) is 5.60. The maximum Gasteiger partial charge on any atom is 0.341 e. The number of fused-ring (bicyclic) bond motifs is 1. The van der Waals surface area contributed by atoms with Crippen molar-refractivity contribution in [2.24, 2.45) is 0 Å². The second kappa shape index (κ2) is 7.22. The van der Waals surface area contributed by atoms with Gasteiger partial charge in [0.2, 0.25) is 5.43 Å². The second-order valence-electron chi connectivity index (χ2n) is 7.95. The van der Waals surface area contributed by atoms with Crippen molar-refractivity contribution in [3.63, 3.8) is 0 Å². The molecule has 29 heavy (non-hydrogen) atoms. The zero-order chi connectivity index (χ0) is 20.9. The summed E-state index contributed by atoms with van der Waals surface area (Å²) in [5.74, 6) is -1.73. The zero-order valence-corrected chi connectivity index (χ0v) is 16.4. The summed E-state index contributed by atoms with van der Waals surface area (Å²) in [5, 5.41) is 9.32. The van der Waals surface area contributed by atoms with Crippen LogP contribution in [0.4, 0.5) is 10.2 Å². The number of carbonyl (C=O) groups excluding carboxylic acids is 1. The molecule has 1 aliphatic heterocycles. The molecule has 1 N–H and O–H groups in total. The predicted octanol–water partition coefficient (Wildman–Crippen LogP) is 1.67. The van der Waals surface area contributed by atoms with E-state index >= 15 is 0 Å². The average molecular weight is 402 g/mol. The molecule has 8 nitrogen and oxygen atoms in total. The van der Waals surface area contributed by atoms with E-state index in [-0.39, 0.29) is 34.6 Å². The van der Waals surface area contributed by atoms with Crippen LogP contribution in [-0.2, 0) is 4.79 Å². The normalized spacial score (nSPS) is 20.2. The number of nitrogens with zero attached hydrogens (tertiary/aromatic N) is 4. The van der Waals surface area contributed by atoms with Gasteiger partial charge in [-0.05, 0) is 32.8 Å². The van der Waals surface area contributed by atoms with E-state index in [2.05, 4.69) is 9.88 Å². The molecule has 0 bridgehead atoms. The van der Waals surface area contributed by atoms with E-state index in [1.54, 1.807) is 11.5 Å². The first kappa shape index (κ1) is 19.5. The van der Waals surface area contributed by atoms with Crippen molar-refractivity contribution in [3.8, 4) is 0 Å². The average Bonchev–Trinajstić information content (AvgIpc) is 3.48. The molecule has 0 amide bonds. The molecule has 2 aromatic rings. The van der Waals surface area contributed by atoms with Crippen LogP contribution in [-0.4, -0.2) is 63.5 Å². The van der Waals surface area contributed by atoms with E-state index < -0.39 is 17.2 Å². The first-order valence-corrected chi connectivity index (χ1v) is 9.73. The minimum atomic E-state index is -1.33. The second-order valence-corrected chi connectivity index (χ2v) is 7.95. The number of pyridine rings is 2. The van der Waals surface area contributed by atoms with Crippen LogP contribution in [0.15, 0.2) is 17.1 Å². The number of halogens is 1. The summed E-state index contributed by atoms with van der Waals surface area (Å²) in [5.41, 5.74) is -0.774. The molecule has 1 aliphatic carbocycles. The van der Waals surface area contributed by atoms with Crippen LogP contribution in [0.5, 0.6) is 0 Å². The zero-order valence-electron chi connectivity index (χ0n) is 16.4. The van der Waals surface area contributed by atoms with Crippen LogP contribution < -0.4 is 10.3 Å². The fraction of sp³-hybridized carbons (Fsp3) is 0.500. The van der Waals surface area contributed by atoms with Crippen LogP contribution in [0.25, 0.3) is 11.0 Å². The van der Waals surface area contributed by atoms with Gasteiger partial charge >= 0.3 is 5.97 Å². The number of hydrogen-bond acceptors (Lipinski definition) is 6. The highest BCUT2D eigenvalue weighted by atomic mass is 19.1. The van der Waals surface area contributed by atoms with Crippen molar-refractivity contribution in [2.45, 2.75) is 38.8 Å². The summed E-state index contributed by atoms with van der Waals surface area (Å²) in [6, 6.07) is 1.23. The van der Waals surface area contributed by atoms with Gasteiger partial charge in [0.1, 0.15) is 17.0 Å². The van der Waals surface area contributed by atoms with Crippen molar-refractivity contribution in [1.82, 2.24) is 14.5 Å². The van der Waals surface area contributed by atoms with Crippen molar-refractivity contribution >= 4 is 28.6 Å². The van der Waals surface area contributed by atoms with Gasteiger partial charge in [-0.3, -0.25) is 14.5 Å². The monoisotopic (exact) mass is 402 g/mol. The van der Waals surface area contributed by atoms with E-state index in [1.165, 1.54) is 6.20 Å². The first-order valence-electron chi connectivity index (χ1n) is 9.73. The SMILES string of the molecule is CC(=O)CN1CCN(c2nc3c(cc2F)c(=O)c(C(=O)O)cn3C2CC2)CC1C. The topological polar surface area (TPSA) is 95.7 Å². The van der Waals surface area contributed by atoms with Crippen molar-refractivity contribution in [2.75, 3.05) is 31.1 Å². The molecule has 0 radical (unpaired) electrons. The van der Waals surface area contributed by atoms with Gasteiger partial charge in [0.15, 0.2) is 11.6 Å². The summed E-state index contributed by atoms with van der Waals surface area (Å²) in [6.45, 7) is 5.51. The minimum absolute atomic E-state index is 0.0127. The number of carbonyl (C=O) groups is 2. The van der Waals surface area contributed by atoms with Crippen LogP contribution in [0.3, 0.4) is 0 Å². The summed E-state index contributed by atoms with van der Waals surface area (Å²) >= 11 is 0. The number of rotatable bonds is 5. The molecule has 0 spiro atoms. The number of hydrogen-bond donors (Lipinski definition) is 1. The van der Waals surface area contributed by atoms with Crippen molar-refractivity contribution in [3.05, 3.63) is 33.9 Å². The van der Waals surface area contributed by atoms with Gasteiger partial charge in [-0.15, -0.1) is 0 Å². The van der Waals surface area contributed by atoms with Crippen molar-refractivity contribution < 1.29 is 19.1 Å². The predicted molar refractivity (Wildman–Crippen MR) is 105 cm³/mol. The summed E-state index contributed by atoms with van der Waals surface area (Å²) in [7, 11) is 0. The number of piperazine rings is 1. The number of aromatic nitrogens is 2. The largest absolute Gasteiger partial charge is 0.477 e. The van der Waals surface area contributed by atoms with Gasteiger partial charge in [0.05, 0.1) is 11.9 Å². The number of aromatic carboxylic acids is 1. The Morgan fingerprint density at radius 3 is 2.62 bits per heavy atom. The Morgan fingerprint density at radius 1 is 1.31 bits per heavy atom. The molecule has 0 aromatic carbocycles. The molecule has 1 saturated carbocycles. The Balaban J connectivity index is 1.75. The molecule has 1 unspecified atom stereocenters. The Bertz CT molecular complexity index is 1060. The van der Waals surface area contributed by atoms with Gasteiger partial charge in [-0.25, -0.2) is 14.2 Å². The molecule has 2 aromatic heterocycles. The number of carboxylic acids is 1. The Morgan fingerprint density at radius 2 is 2.03 bits per heavy atom. The fourth-order valence-corrected chi connectivity index (χ4v) is 3.95. The van der Waals surface area contributed by atoms with Gasteiger partial charge in [0, 0.05) is 37.9 Å². The number of Topliss-reactive ketones (excluding diaryl/α,β-unsaturated/α-hetero) is 1. The van der Waals surface area contributed by atoms with Gasteiger partial charge < -0.3 is 14.6 Å². The third kappa shape index (κ3) is 3.62. The smallest absolute Gasteiger partial charge is 0.341 e. The molecule has 2 aliphatic rings. The Hall–Kier alpha value is -2.81. The van der Waals surface area contributed by atoms with Crippen LogP contribution in [0.1, 0.15) is 43.1 Å². The maximum absolute atomic E-state index is 14.9. The Labute approximate surface area is 166 Å². The quantitative estimate of drug-likeness (QED) is 0.813. The molecule has 9 heteroatoms. The van der Waals surface area contributed by atoms with E-state index in [9.17, 15) is 23.9 Å².